The number of nitrogens with zero attached hydrogens (tertiary/aromatic N) is 5. The minimum Gasteiger partial charge on any atom is -0.472 e. The summed E-state index contributed by atoms with van der Waals surface area (Å²) in [4.78, 5) is 25.5. The molecule has 0 N–H and O–H groups in total. The predicted octanol–water partition coefficient (Wildman–Crippen LogP) is 5.25. The second kappa shape index (κ2) is 9.58. The molecule has 6 rings (SSSR count). The molecule has 0 radical (unpaired) electrons. The number of hydrogen-bond acceptors (Lipinski definition) is 6. The number of benzene rings is 1. The van der Waals surface area contributed by atoms with Crippen LogP contribution in [0.5, 0.6) is 5.88 Å². The Morgan fingerprint density at radius 3 is 2.42 bits per heavy atom. The quantitative estimate of drug-likeness (QED) is 0.371. The maximum atomic E-state index is 12.3. The smallest absolute Gasteiger partial charge is 0.410 e. The Morgan fingerprint density at radius 1 is 0.947 bits per heavy atom. The Hall–Kier alpha value is -3.65. The molecule has 0 bridgehead atoms. The van der Waals surface area contributed by atoms with Gasteiger partial charge in [0.15, 0.2) is 0 Å². The van der Waals surface area contributed by atoms with Crippen LogP contribution >= 0.6 is 0 Å². The second-order valence-corrected chi connectivity index (χ2v) is 11.5. The Bertz CT molecular complexity index is 1460. The number of aryl methyl sites for hydroxylation is 1. The fraction of sp³-hybridized carbons (Fsp3) is 0.433. The highest BCUT2D eigenvalue weighted by molar-refractivity contribution is 6.08. The van der Waals surface area contributed by atoms with Crippen LogP contribution in [0.2, 0.25) is 0 Å². The summed E-state index contributed by atoms with van der Waals surface area (Å²) in [6, 6.07) is 13.1. The van der Waals surface area contributed by atoms with E-state index >= 15 is 0 Å². The summed E-state index contributed by atoms with van der Waals surface area (Å²) in [7, 11) is 2.09. The Morgan fingerprint density at radius 2 is 1.71 bits per heavy atom. The molecule has 1 aromatic carbocycles. The van der Waals surface area contributed by atoms with Crippen LogP contribution in [0.4, 0.5) is 4.79 Å². The number of aromatic nitrogens is 3. The number of rotatable bonds is 4. The zero-order valence-corrected chi connectivity index (χ0v) is 22.6. The second-order valence-electron chi connectivity index (χ2n) is 11.5. The predicted molar refractivity (Wildman–Crippen MR) is 148 cm³/mol. The molecule has 0 unspecified atom stereocenters. The molecule has 2 aliphatic rings. The molecular formula is C30H35N5O3. The van der Waals surface area contributed by atoms with E-state index in [1.807, 2.05) is 50.3 Å². The lowest BCUT2D eigenvalue weighted by Gasteiger charge is -2.46. The van der Waals surface area contributed by atoms with Gasteiger partial charge in [-0.3, -0.25) is 9.88 Å². The van der Waals surface area contributed by atoms with Gasteiger partial charge in [0.25, 0.3) is 0 Å². The number of pyridine rings is 2. The van der Waals surface area contributed by atoms with Crippen molar-refractivity contribution in [1.29, 1.82) is 0 Å². The summed E-state index contributed by atoms with van der Waals surface area (Å²) in [5.74, 6) is 0.662. The van der Waals surface area contributed by atoms with Crippen molar-refractivity contribution < 1.29 is 14.3 Å². The summed E-state index contributed by atoms with van der Waals surface area (Å²) in [6.07, 6.45) is 7.54. The van der Waals surface area contributed by atoms with Crippen molar-refractivity contribution in [3.05, 3.63) is 55.0 Å². The molecule has 8 nitrogen and oxygen atoms in total. The fourth-order valence-corrected chi connectivity index (χ4v) is 5.61. The first-order valence-electron chi connectivity index (χ1n) is 13.4. The van der Waals surface area contributed by atoms with Crippen molar-refractivity contribution in [2.24, 2.45) is 7.05 Å². The molecule has 5 heterocycles. The van der Waals surface area contributed by atoms with Gasteiger partial charge in [0.1, 0.15) is 11.7 Å². The highest BCUT2D eigenvalue weighted by atomic mass is 16.6. The van der Waals surface area contributed by atoms with Gasteiger partial charge in [0.2, 0.25) is 5.88 Å². The van der Waals surface area contributed by atoms with E-state index in [1.165, 1.54) is 21.8 Å². The maximum Gasteiger partial charge on any atom is 0.410 e. The standard InChI is InChI=1S/C30H35N5O3/c1-30(2,3)38-29(36)34-13-10-22(11-14-34)35-18-23(19-35)37-28-8-6-21(16-32-28)20-5-7-24-25-17-31-12-9-26(25)33(4)27(24)15-20/h5-9,12,15-17,22-23H,10-11,13-14,18-19H2,1-4H3. The van der Waals surface area contributed by atoms with Crippen LogP contribution in [0.25, 0.3) is 32.9 Å². The van der Waals surface area contributed by atoms with Crippen LogP contribution in [-0.2, 0) is 11.8 Å². The van der Waals surface area contributed by atoms with E-state index in [2.05, 4.69) is 56.8 Å². The van der Waals surface area contributed by atoms with Gasteiger partial charge in [-0.2, -0.15) is 0 Å². The van der Waals surface area contributed by atoms with E-state index in [0.29, 0.717) is 11.9 Å². The van der Waals surface area contributed by atoms with Crippen LogP contribution in [0.15, 0.2) is 55.0 Å². The van der Waals surface area contributed by atoms with Crippen molar-refractivity contribution in [2.45, 2.75) is 51.4 Å². The van der Waals surface area contributed by atoms with Gasteiger partial charge in [0, 0.05) is 85.8 Å². The summed E-state index contributed by atoms with van der Waals surface area (Å²) >= 11 is 0. The van der Waals surface area contributed by atoms with Gasteiger partial charge in [-0.05, 0) is 57.4 Å². The van der Waals surface area contributed by atoms with Gasteiger partial charge in [-0.1, -0.05) is 12.1 Å². The zero-order chi connectivity index (χ0) is 26.4. The van der Waals surface area contributed by atoms with E-state index in [1.54, 1.807) is 0 Å². The number of likely N-dealkylation sites (tertiary alicyclic amines) is 2. The molecule has 8 heteroatoms. The Labute approximate surface area is 223 Å². The van der Waals surface area contributed by atoms with E-state index in [0.717, 1.165) is 50.1 Å². The highest BCUT2D eigenvalue weighted by Gasteiger charge is 2.37. The van der Waals surface area contributed by atoms with Crippen LogP contribution in [0.3, 0.4) is 0 Å². The average molecular weight is 514 g/mol. The fourth-order valence-electron chi connectivity index (χ4n) is 5.61. The first-order chi connectivity index (χ1) is 18.2. The molecule has 0 aliphatic carbocycles. The van der Waals surface area contributed by atoms with Crippen LogP contribution in [0, 0.1) is 0 Å². The summed E-state index contributed by atoms with van der Waals surface area (Å²) in [6.45, 7) is 8.99. The summed E-state index contributed by atoms with van der Waals surface area (Å²) in [5, 5.41) is 2.37. The first kappa shape index (κ1) is 24.7. The number of hydrogen-bond donors (Lipinski definition) is 0. The molecule has 1 amide bonds. The average Bonchev–Trinajstić information content (AvgIpc) is 3.17. The topological polar surface area (TPSA) is 72.7 Å². The molecule has 0 spiro atoms. The number of piperidine rings is 1. The first-order valence-corrected chi connectivity index (χ1v) is 13.4. The van der Waals surface area contributed by atoms with Crippen LogP contribution in [-0.4, -0.2) is 74.4 Å². The van der Waals surface area contributed by atoms with E-state index in [-0.39, 0.29) is 12.2 Å². The Balaban J connectivity index is 1.03. The molecule has 0 atom stereocenters. The van der Waals surface area contributed by atoms with E-state index in [4.69, 9.17) is 9.47 Å². The largest absolute Gasteiger partial charge is 0.472 e. The minimum absolute atomic E-state index is 0.151. The van der Waals surface area contributed by atoms with Gasteiger partial charge >= 0.3 is 6.09 Å². The molecular weight excluding hydrogens is 478 g/mol. The van der Waals surface area contributed by atoms with Crippen molar-refractivity contribution in [1.82, 2.24) is 24.3 Å². The van der Waals surface area contributed by atoms with Gasteiger partial charge in [0.05, 0.1) is 5.52 Å². The van der Waals surface area contributed by atoms with Crippen LogP contribution in [0.1, 0.15) is 33.6 Å². The normalized spacial score (nSPS) is 17.6. The number of ether oxygens (including phenoxy) is 2. The van der Waals surface area contributed by atoms with Gasteiger partial charge in [-0.25, -0.2) is 9.78 Å². The molecule has 2 aliphatic heterocycles. The van der Waals surface area contributed by atoms with E-state index in [9.17, 15) is 4.79 Å². The summed E-state index contributed by atoms with van der Waals surface area (Å²) < 4.78 is 13.9. The molecule has 198 valence electrons. The third-order valence-corrected chi connectivity index (χ3v) is 7.67. The third kappa shape index (κ3) is 4.80. The van der Waals surface area contributed by atoms with Gasteiger partial charge < -0.3 is 18.9 Å². The molecule has 4 aromatic rings. The highest BCUT2D eigenvalue weighted by Crippen LogP contribution is 2.32. The van der Waals surface area contributed by atoms with E-state index < -0.39 is 5.60 Å². The molecule has 38 heavy (non-hydrogen) atoms. The number of carbonyl (C=O) groups is 1. The maximum absolute atomic E-state index is 12.3. The third-order valence-electron chi connectivity index (χ3n) is 7.67. The Kier molecular flexibility index (Phi) is 6.22. The lowest BCUT2D eigenvalue weighted by molar-refractivity contribution is -0.0326. The van der Waals surface area contributed by atoms with Crippen LogP contribution < -0.4 is 4.74 Å². The van der Waals surface area contributed by atoms with Crippen molar-refractivity contribution in [2.75, 3.05) is 26.2 Å². The molecule has 2 saturated heterocycles. The number of fused-ring (bicyclic) bond motifs is 3. The lowest BCUT2D eigenvalue weighted by Crippen LogP contribution is -2.60. The molecule has 2 fully saturated rings. The molecule has 3 aromatic heterocycles. The number of amides is 1. The minimum atomic E-state index is -0.454. The van der Waals surface area contributed by atoms with Crippen molar-refractivity contribution in [3.63, 3.8) is 0 Å². The number of carbonyl (C=O) groups excluding carboxylic acids is 1. The van der Waals surface area contributed by atoms with Crippen molar-refractivity contribution >= 4 is 27.9 Å². The SMILES string of the molecule is Cn1c2ccncc2c2ccc(-c3ccc(OC4CN(C5CCN(C(=O)OC(C)(C)C)CC5)C4)nc3)cc21. The monoisotopic (exact) mass is 513 g/mol. The zero-order valence-electron chi connectivity index (χ0n) is 22.6. The lowest BCUT2D eigenvalue weighted by atomic mass is 9.99. The molecule has 0 saturated carbocycles. The van der Waals surface area contributed by atoms with Crippen molar-refractivity contribution in [3.8, 4) is 17.0 Å². The van der Waals surface area contributed by atoms with Gasteiger partial charge in [-0.15, -0.1) is 0 Å². The summed E-state index contributed by atoms with van der Waals surface area (Å²) in [5.41, 5.74) is 4.09.